The molecule has 0 saturated carbocycles. The lowest BCUT2D eigenvalue weighted by Gasteiger charge is -2.32. The predicted octanol–water partition coefficient (Wildman–Crippen LogP) is 7.94. The molecule has 4 aliphatic heterocycles. The van der Waals surface area contributed by atoms with Crippen molar-refractivity contribution in [1.82, 2.24) is 19.8 Å². The van der Waals surface area contributed by atoms with Crippen molar-refractivity contribution in [3.05, 3.63) is 97.6 Å². The Balaban J connectivity index is 0.000000180. The number of hydrogen-bond acceptors (Lipinski definition) is 8. The zero-order chi connectivity index (χ0) is 31.4. The average molecular weight is 692 g/mol. The lowest BCUT2D eigenvalue weighted by Crippen LogP contribution is -2.43. The van der Waals surface area contributed by atoms with Crippen molar-refractivity contribution in [3.8, 4) is 23.0 Å². The number of benzene rings is 2. The van der Waals surface area contributed by atoms with Crippen molar-refractivity contribution in [2.45, 2.75) is 49.6 Å². The second kappa shape index (κ2) is 15.8. The molecule has 4 fully saturated rings. The minimum Gasteiger partial charge on any atom is -0.456 e. The second-order valence-electron chi connectivity index (χ2n) is 13.4. The molecule has 0 radical (unpaired) electrons. The summed E-state index contributed by atoms with van der Waals surface area (Å²) in [5.74, 6) is 3.29. The first-order valence-electron chi connectivity index (χ1n) is 16.8. The van der Waals surface area contributed by atoms with Gasteiger partial charge in [-0.2, -0.15) is 0 Å². The zero-order valence-corrected chi connectivity index (χ0v) is 29.7. The Labute approximate surface area is 297 Å². The lowest BCUT2D eigenvalue weighted by molar-refractivity contribution is 0.198. The van der Waals surface area contributed by atoms with E-state index in [9.17, 15) is 0 Å². The molecular weight excluding hydrogens is 643 g/mol. The molecule has 0 N–H and O–H groups in total. The first-order chi connectivity index (χ1) is 22.5. The Morgan fingerprint density at radius 2 is 0.938 bits per heavy atom. The smallest absolute Gasteiger partial charge is 0.147 e. The number of pyridine rings is 2. The van der Waals surface area contributed by atoms with Crippen molar-refractivity contribution in [2.75, 3.05) is 63.2 Å². The van der Waals surface area contributed by atoms with Gasteiger partial charge in [-0.25, -0.2) is 0 Å². The molecule has 10 heteroatoms. The quantitative estimate of drug-likeness (QED) is 0.202. The largest absolute Gasteiger partial charge is 0.456 e. The van der Waals surface area contributed by atoms with Gasteiger partial charge in [-0.15, -0.1) is 24.8 Å². The van der Waals surface area contributed by atoms with Gasteiger partial charge < -0.3 is 19.3 Å². The topological polar surface area (TPSA) is 57.2 Å². The number of halogens is 2. The molecule has 0 bridgehead atoms. The maximum absolute atomic E-state index is 5.92. The average Bonchev–Trinajstić information content (AvgIpc) is 3.89. The summed E-state index contributed by atoms with van der Waals surface area (Å²) in [4.78, 5) is 18.8. The predicted molar refractivity (Wildman–Crippen MR) is 199 cm³/mol. The minimum atomic E-state index is 0. The molecular formula is C38H48Cl2N6O2. The van der Waals surface area contributed by atoms with Gasteiger partial charge in [0.25, 0.3) is 0 Å². The van der Waals surface area contributed by atoms with E-state index in [-0.39, 0.29) is 24.8 Å². The molecule has 4 aromatic rings. The summed E-state index contributed by atoms with van der Waals surface area (Å²) in [6.07, 6.45) is 15.2. The van der Waals surface area contributed by atoms with Crippen molar-refractivity contribution in [2.24, 2.45) is 0 Å². The maximum Gasteiger partial charge on any atom is 0.147 e. The van der Waals surface area contributed by atoms with Gasteiger partial charge in [0.15, 0.2) is 0 Å². The number of nitrogens with zero attached hydrogens (tertiary/aromatic N) is 6. The molecule has 48 heavy (non-hydrogen) atoms. The fourth-order valence-electron chi connectivity index (χ4n) is 7.85. The molecule has 2 atom stereocenters. The van der Waals surface area contributed by atoms with Gasteiger partial charge in [-0.1, -0.05) is 36.4 Å². The number of aromatic nitrogens is 2. The fraction of sp³-hybridized carbons (Fsp3) is 0.421. The molecule has 0 aliphatic carbocycles. The van der Waals surface area contributed by atoms with Crippen LogP contribution in [-0.2, 0) is 0 Å². The van der Waals surface area contributed by atoms with Crippen LogP contribution in [0.2, 0.25) is 0 Å². The van der Waals surface area contributed by atoms with E-state index >= 15 is 0 Å². The van der Waals surface area contributed by atoms with Crippen LogP contribution >= 0.6 is 24.8 Å². The van der Waals surface area contributed by atoms with Gasteiger partial charge >= 0.3 is 0 Å². The van der Waals surface area contributed by atoms with Gasteiger partial charge in [0.2, 0.25) is 0 Å². The Morgan fingerprint density at radius 3 is 1.31 bits per heavy atom. The third kappa shape index (κ3) is 7.84. The Kier molecular flexibility index (Phi) is 11.7. The minimum absolute atomic E-state index is 0. The SMILES string of the molecule is CN1CCCC12CCN(c1cncc(Oc3ccccc3)c1)C2.CN1CCCC12CCN(c1cncc(Oc3ccccc3)c1)C2.Cl.Cl. The van der Waals surface area contributed by atoms with E-state index in [0.29, 0.717) is 11.1 Å². The Hall–Kier alpha value is -3.56. The molecule has 2 unspecified atom stereocenters. The van der Waals surface area contributed by atoms with E-state index in [2.05, 4.69) is 55.8 Å². The molecule has 4 aliphatic rings. The highest BCUT2D eigenvalue weighted by atomic mass is 35.5. The highest BCUT2D eigenvalue weighted by Crippen LogP contribution is 2.40. The number of likely N-dealkylation sites (N-methyl/N-ethyl adjacent to an activating group) is 2. The molecule has 8 nitrogen and oxygen atoms in total. The van der Waals surface area contributed by atoms with Gasteiger partial charge in [0, 0.05) is 49.4 Å². The van der Waals surface area contributed by atoms with Crippen LogP contribution in [-0.4, -0.2) is 84.2 Å². The van der Waals surface area contributed by atoms with Crippen molar-refractivity contribution >= 4 is 36.2 Å². The zero-order valence-electron chi connectivity index (χ0n) is 28.0. The summed E-state index contributed by atoms with van der Waals surface area (Å²) < 4.78 is 11.8. The van der Waals surface area contributed by atoms with Gasteiger partial charge in [-0.05, 0) is 90.0 Å². The molecule has 2 aromatic carbocycles. The second-order valence-corrected chi connectivity index (χ2v) is 13.4. The number of ether oxygens (including phenoxy) is 2. The van der Waals surface area contributed by atoms with Crippen molar-refractivity contribution in [3.63, 3.8) is 0 Å². The van der Waals surface area contributed by atoms with Crippen LogP contribution in [0.25, 0.3) is 0 Å². The highest BCUT2D eigenvalue weighted by Gasteiger charge is 2.45. The van der Waals surface area contributed by atoms with Gasteiger partial charge in [0.05, 0.1) is 36.2 Å². The van der Waals surface area contributed by atoms with E-state index < -0.39 is 0 Å². The number of para-hydroxylation sites is 2. The van der Waals surface area contributed by atoms with E-state index in [4.69, 9.17) is 9.47 Å². The summed E-state index contributed by atoms with van der Waals surface area (Å²) in [6.45, 7) is 6.84. The standard InChI is InChI=1S/2C19H23N3O.2ClH/c2*1-21-10-5-8-19(21)9-11-22(15-19)16-12-18(14-20-13-16)23-17-6-3-2-4-7-17;;/h2*2-4,6-7,12-14H,5,8-11,15H2,1H3;2*1H. The summed E-state index contributed by atoms with van der Waals surface area (Å²) in [6, 6.07) is 24.0. The van der Waals surface area contributed by atoms with Crippen LogP contribution in [0.4, 0.5) is 11.4 Å². The van der Waals surface area contributed by atoms with Gasteiger partial charge in [-0.3, -0.25) is 19.8 Å². The van der Waals surface area contributed by atoms with Crippen LogP contribution < -0.4 is 19.3 Å². The molecule has 2 spiro atoms. The third-order valence-electron chi connectivity index (χ3n) is 10.6. The van der Waals surface area contributed by atoms with Gasteiger partial charge in [0.1, 0.15) is 23.0 Å². The lowest BCUT2D eigenvalue weighted by atomic mass is 9.96. The summed E-state index contributed by atoms with van der Waals surface area (Å²) in [5, 5.41) is 0. The summed E-state index contributed by atoms with van der Waals surface area (Å²) >= 11 is 0. The normalized spacial score (nSPS) is 23.5. The highest BCUT2D eigenvalue weighted by molar-refractivity contribution is 5.85. The van der Waals surface area contributed by atoms with Crippen LogP contribution in [0.15, 0.2) is 97.6 Å². The Bertz CT molecular complexity index is 1480. The van der Waals surface area contributed by atoms with E-state index in [1.807, 2.05) is 73.1 Å². The van der Waals surface area contributed by atoms with Crippen molar-refractivity contribution < 1.29 is 9.47 Å². The third-order valence-corrected chi connectivity index (χ3v) is 10.6. The molecule has 8 rings (SSSR count). The molecule has 6 heterocycles. The van der Waals surface area contributed by atoms with Crippen LogP contribution in [0, 0.1) is 0 Å². The number of hydrogen-bond donors (Lipinski definition) is 0. The first kappa shape index (κ1) is 35.7. The molecule has 2 aromatic heterocycles. The van der Waals surface area contributed by atoms with E-state index in [1.165, 1.54) is 51.6 Å². The Morgan fingerprint density at radius 1 is 0.521 bits per heavy atom. The van der Waals surface area contributed by atoms with Crippen LogP contribution in [0.1, 0.15) is 38.5 Å². The molecule has 0 amide bonds. The first-order valence-corrected chi connectivity index (χ1v) is 16.8. The fourth-order valence-corrected chi connectivity index (χ4v) is 7.85. The summed E-state index contributed by atoms with van der Waals surface area (Å²) in [7, 11) is 4.54. The maximum atomic E-state index is 5.92. The van der Waals surface area contributed by atoms with Crippen molar-refractivity contribution in [1.29, 1.82) is 0 Å². The number of likely N-dealkylation sites (tertiary alicyclic amines) is 2. The van der Waals surface area contributed by atoms with Crippen LogP contribution in [0.3, 0.4) is 0 Å². The number of rotatable bonds is 6. The monoisotopic (exact) mass is 690 g/mol. The molecule has 256 valence electrons. The van der Waals surface area contributed by atoms with E-state index in [1.54, 1.807) is 12.4 Å². The van der Waals surface area contributed by atoms with E-state index in [0.717, 1.165) is 60.6 Å². The number of anilines is 2. The molecule has 4 saturated heterocycles. The van der Waals surface area contributed by atoms with Crippen LogP contribution in [0.5, 0.6) is 23.0 Å². The summed E-state index contributed by atoms with van der Waals surface area (Å²) in [5.41, 5.74) is 3.07.